The Balaban J connectivity index is 1.20. The van der Waals surface area contributed by atoms with Gasteiger partial charge in [0.25, 0.3) is 0 Å². The first-order valence-electron chi connectivity index (χ1n) is 17.7. The van der Waals surface area contributed by atoms with Gasteiger partial charge >= 0.3 is 6.01 Å². The molecule has 51 heavy (non-hydrogen) atoms. The van der Waals surface area contributed by atoms with E-state index in [1.807, 2.05) is 24.9 Å². The fourth-order valence-electron chi connectivity index (χ4n) is 8.27. The Bertz CT molecular complexity index is 1830. The summed E-state index contributed by atoms with van der Waals surface area (Å²) in [6.45, 7) is 7.29. The Labute approximate surface area is 297 Å². The standard InChI is InChI=1S/C38H44F2N8O3/c1-5-28-29(40)13-12-25-11-9-18-47(32(25)28)27-19-30-33(50-22-27)34(43-23-38(14-7-8-15-38)46(4)31(49)6-2)45-36(44-30)51-24-37(3)20-26(39)21-48(37)35-41-16-10-17-42-35/h1,6,10,12-13,16-17,26-27H,2,7-9,11,14-15,18-24H2,3-4H3,(H,43,44,45)/t26-,27-,37+/m1/s1. The minimum absolute atomic E-state index is 0.0823. The molecule has 268 valence electrons. The molecular formula is C38H44F2N8O3. The number of fused-ring (bicyclic) bond motifs is 2. The maximum absolute atomic E-state index is 14.9. The number of aryl methyl sites for hydroxylation is 1. The van der Waals surface area contributed by atoms with Crippen LogP contribution in [-0.4, -0.2) is 93.9 Å². The van der Waals surface area contributed by atoms with Crippen LogP contribution in [0.5, 0.6) is 11.8 Å². The molecule has 5 heterocycles. The van der Waals surface area contributed by atoms with Crippen LogP contribution in [0.1, 0.15) is 62.3 Å². The molecule has 3 aromatic rings. The summed E-state index contributed by atoms with van der Waals surface area (Å²) in [7, 11) is 1.81. The van der Waals surface area contributed by atoms with Crippen LogP contribution in [0.4, 0.5) is 26.2 Å². The molecule has 1 aliphatic carbocycles. The van der Waals surface area contributed by atoms with Crippen molar-refractivity contribution in [1.82, 2.24) is 24.8 Å². The molecule has 1 amide bonds. The molecule has 0 unspecified atom stereocenters. The lowest BCUT2D eigenvalue weighted by atomic mass is 9.94. The van der Waals surface area contributed by atoms with Gasteiger partial charge in [0.1, 0.15) is 25.2 Å². The molecule has 1 N–H and O–H groups in total. The van der Waals surface area contributed by atoms with Gasteiger partial charge in [-0.1, -0.05) is 31.4 Å². The second-order valence-corrected chi connectivity index (χ2v) is 14.3. The van der Waals surface area contributed by atoms with Crippen molar-refractivity contribution in [2.24, 2.45) is 0 Å². The zero-order valence-corrected chi connectivity index (χ0v) is 29.2. The van der Waals surface area contributed by atoms with E-state index in [1.165, 1.54) is 12.1 Å². The normalized spacial score (nSPS) is 23.4. The van der Waals surface area contributed by atoms with Crippen LogP contribution in [0, 0.1) is 18.2 Å². The van der Waals surface area contributed by atoms with Gasteiger partial charge in [-0.15, -0.1) is 6.42 Å². The van der Waals surface area contributed by atoms with Crippen LogP contribution in [0.2, 0.25) is 0 Å². The first-order chi connectivity index (χ1) is 24.6. The number of rotatable bonds is 10. The van der Waals surface area contributed by atoms with Gasteiger partial charge in [-0.05, 0) is 56.4 Å². The van der Waals surface area contributed by atoms with Crippen molar-refractivity contribution < 1.29 is 23.0 Å². The van der Waals surface area contributed by atoms with Crippen molar-refractivity contribution in [3.63, 3.8) is 0 Å². The predicted molar refractivity (Wildman–Crippen MR) is 190 cm³/mol. The monoisotopic (exact) mass is 698 g/mol. The molecule has 2 fully saturated rings. The SMILES string of the molecule is C#Cc1c(F)ccc2c1N([C@H]1COc3c(nc(OC[C@]4(C)C[C@@H](F)CN4c4ncccn4)nc3NCC3(N(C)C(=O)C=C)CCCC3)C1)CCC2. The van der Waals surface area contributed by atoms with E-state index in [1.54, 1.807) is 23.4 Å². The average molecular weight is 699 g/mol. The second-order valence-electron chi connectivity index (χ2n) is 14.3. The van der Waals surface area contributed by atoms with Crippen molar-refractivity contribution >= 4 is 23.4 Å². The molecule has 4 aliphatic rings. The summed E-state index contributed by atoms with van der Waals surface area (Å²) in [5.74, 6) is 3.41. The molecule has 11 nitrogen and oxygen atoms in total. The van der Waals surface area contributed by atoms with Crippen LogP contribution in [-0.2, 0) is 17.6 Å². The van der Waals surface area contributed by atoms with Crippen LogP contribution < -0.4 is 24.6 Å². The number of amides is 1. The molecule has 1 saturated carbocycles. The largest absolute Gasteiger partial charge is 0.486 e. The van der Waals surface area contributed by atoms with E-state index >= 15 is 0 Å². The summed E-state index contributed by atoms with van der Waals surface area (Å²) in [6, 6.07) is 4.91. The van der Waals surface area contributed by atoms with Gasteiger partial charge in [-0.25, -0.2) is 18.7 Å². The van der Waals surface area contributed by atoms with E-state index in [2.05, 4.69) is 32.7 Å². The number of ether oxygens (including phenoxy) is 2. The predicted octanol–water partition coefficient (Wildman–Crippen LogP) is 4.90. The first-order valence-corrected chi connectivity index (χ1v) is 17.7. The maximum atomic E-state index is 14.9. The summed E-state index contributed by atoms with van der Waals surface area (Å²) in [5.41, 5.74) is 1.44. The van der Waals surface area contributed by atoms with Crippen LogP contribution in [0.25, 0.3) is 0 Å². The molecular weight excluding hydrogens is 654 g/mol. The summed E-state index contributed by atoms with van der Waals surface area (Å²) >= 11 is 0. The van der Waals surface area contributed by atoms with Crippen LogP contribution >= 0.6 is 0 Å². The van der Waals surface area contributed by atoms with Crippen molar-refractivity contribution in [3.05, 3.63) is 65.9 Å². The molecule has 1 saturated heterocycles. The lowest BCUT2D eigenvalue weighted by molar-refractivity contribution is -0.129. The quantitative estimate of drug-likeness (QED) is 0.232. The topological polar surface area (TPSA) is 109 Å². The van der Waals surface area contributed by atoms with Crippen LogP contribution in [0.3, 0.4) is 0 Å². The Morgan fingerprint density at radius 1 is 1.25 bits per heavy atom. The minimum atomic E-state index is -1.08. The third-order valence-electron chi connectivity index (χ3n) is 11.0. The van der Waals surface area contributed by atoms with E-state index in [9.17, 15) is 13.6 Å². The molecule has 0 radical (unpaired) electrons. The Kier molecular flexibility index (Phi) is 9.44. The Morgan fingerprint density at radius 2 is 2.04 bits per heavy atom. The number of hydrogen-bond donors (Lipinski definition) is 1. The number of anilines is 3. The fraction of sp³-hybridized carbons (Fsp3) is 0.500. The van der Waals surface area contributed by atoms with E-state index < -0.39 is 23.1 Å². The molecule has 3 aliphatic heterocycles. The minimum Gasteiger partial charge on any atom is -0.486 e. The second kappa shape index (κ2) is 14.0. The van der Waals surface area contributed by atoms with E-state index in [0.29, 0.717) is 49.3 Å². The first kappa shape index (κ1) is 34.5. The van der Waals surface area contributed by atoms with Crippen molar-refractivity contribution in [1.29, 1.82) is 0 Å². The van der Waals surface area contributed by atoms with Gasteiger partial charge in [-0.2, -0.15) is 9.97 Å². The smallest absolute Gasteiger partial charge is 0.318 e. The molecule has 1 aromatic carbocycles. The number of carbonyl (C=O) groups excluding carboxylic acids is 1. The maximum Gasteiger partial charge on any atom is 0.318 e. The highest BCUT2D eigenvalue weighted by molar-refractivity contribution is 5.87. The third-order valence-corrected chi connectivity index (χ3v) is 11.0. The summed E-state index contributed by atoms with van der Waals surface area (Å²) < 4.78 is 42.6. The zero-order valence-electron chi connectivity index (χ0n) is 29.2. The van der Waals surface area contributed by atoms with Crippen LogP contribution in [0.15, 0.2) is 43.2 Å². The third kappa shape index (κ3) is 6.52. The molecule has 7 rings (SSSR count). The number of benzene rings is 1. The molecule has 0 spiro atoms. The van der Waals surface area contributed by atoms with E-state index in [0.717, 1.165) is 49.8 Å². The summed E-state index contributed by atoms with van der Waals surface area (Å²) in [5, 5.41) is 3.51. The van der Waals surface area contributed by atoms with Crippen molar-refractivity contribution in [3.8, 4) is 24.1 Å². The van der Waals surface area contributed by atoms with E-state index in [4.69, 9.17) is 25.9 Å². The highest BCUT2D eigenvalue weighted by Gasteiger charge is 2.45. The number of nitrogens with one attached hydrogen (secondary N) is 1. The highest BCUT2D eigenvalue weighted by atomic mass is 19.1. The molecule has 0 bridgehead atoms. The Hall–Kier alpha value is -4.99. The van der Waals surface area contributed by atoms with Gasteiger partial charge in [0.2, 0.25) is 11.9 Å². The lowest BCUT2D eigenvalue weighted by Crippen LogP contribution is -2.51. The molecule has 3 atom stereocenters. The number of terminal acetylenes is 1. The highest BCUT2D eigenvalue weighted by Crippen LogP contribution is 2.41. The molecule has 2 aromatic heterocycles. The number of alkyl halides is 1. The summed E-state index contributed by atoms with van der Waals surface area (Å²) in [4.78, 5) is 36.9. The number of carbonyl (C=O) groups is 1. The fourth-order valence-corrected chi connectivity index (χ4v) is 8.27. The number of hydrogen-bond acceptors (Lipinski definition) is 10. The number of likely N-dealkylation sites (N-methyl/N-ethyl adjacent to an activating group) is 1. The van der Waals surface area contributed by atoms with Gasteiger partial charge in [0.15, 0.2) is 11.6 Å². The van der Waals surface area contributed by atoms with Gasteiger partial charge in [-0.3, -0.25) is 4.79 Å². The lowest BCUT2D eigenvalue weighted by Gasteiger charge is -2.41. The van der Waals surface area contributed by atoms with Crippen molar-refractivity contribution in [2.45, 2.75) is 81.6 Å². The number of nitrogens with zero attached hydrogens (tertiary/aromatic N) is 7. The van der Waals surface area contributed by atoms with Crippen molar-refractivity contribution in [2.75, 3.05) is 55.0 Å². The van der Waals surface area contributed by atoms with Gasteiger partial charge < -0.3 is 29.5 Å². The molecule has 13 heteroatoms. The van der Waals surface area contributed by atoms with Gasteiger partial charge in [0.05, 0.1) is 40.6 Å². The number of aromatic nitrogens is 4. The zero-order chi connectivity index (χ0) is 35.8. The number of halogens is 2. The summed E-state index contributed by atoms with van der Waals surface area (Å²) in [6.07, 6.45) is 15.4. The average Bonchev–Trinajstić information content (AvgIpc) is 3.76. The Morgan fingerprint density at radius 3 is 2.78 bits per heavy atom. The van der Waals surface area contributed by atoms with Gasteiger partial charge in [0, 0.05) is 45.4 Å². The van der Waals surface area contributed by atoms with E-state index in [-0.39, 0.29) is 43.1 Å².